The molecule has 0 aliphatic heterocycles. The second-order valence-electron chi connectivity index (χ2n) is 6.10. The first-order valence-corrected chi connectivity index (χ1v) is 10.7. The first-order valence-electron chi connectivity index (χ1n) is 8.79. The summed E-state index contributed by atoms with van der Waals surface area (Å²) in [6, 6.07) is 15.8. The van der Waals surface area contributed by atoms with Gasteiger partial charge in [0.1, 0.15) is 0 Å². The first-order chi connectivity index (χ1) is 12.8. The van der Waals surface area contributed by atoms with Gasteiger partial charge in [0, 0.05) is 30.7 Å². The predicted molar refractivity (Wildman–Crippen MR) is 114 cm³/mol. The van der Waals surface area contributed by atoms with Crippen LogP contribution in [0.1, 0.15) is 38.3 Å². The summed E-state index contributed by atoms with van der Waals surface area (Å²) in [5.74, 6) is -0.0803. The van der Waals surface area contributed by atoms with Crippen LogP contribution in [-0.2, 0) is 14.6 Å². The quantitative estimate of drug-likeness (QED) is 0.425. The molecule has 27 heavy (non-hydrogen) atoms. The van der Waals surface area contributed by atoms with E-state index >= 15 is 0 Å². The van der Waals surface area contributed by atoms with Crippen molar-refractivity contribution in [2.45, 2.75) is 32.1 Å². The van der Waals surface area contributed by atoms with Crippen LogP contribution >= 0.6 is 0 Å². The standard InChI is InChI=1S/C19H19NO3S.C3H8/c1-14(21)19(16-7-5-4-6-8-16)18(13-20-2)15-9-11-17(12-10-15)24(3,22)23;1-3-2/h4-13H,1-3H3;3H2,1-2H3/b19-18-,20-13?;. The lowest BCUT2D eigenvalue weighted by Crippen LogP contribution is -2.03. The van der Waals surface area contributed by atoms with Gasteiger partial charge < -0.3 is 0 Å². The molecule has 2 rings (SSSR count). The van der Waals surface area contributed by atoms with E-state index in [0.717, 1.165) is 17.4 Å². The number of ketones is 1. The van der Waals surface area contributed by atoms with E-state index in [-0.39, 0.29) is 10.7 Å². The third kappa shape index (κ3) is 6.61. The maximum Gasteiger partial charge on any atom is 0.175 e. The zero-order valence-corrected chi connectivity index (χ0v) is 17.4. The van der Waals surface area contributed by atoms with Crippen LogP contribution in [0.15, 0.2) is 64.5 Å². The predicted octanol–water partition coefficient (Wildman–Crippen LogP) is 4.71. The van der Waals surface area contributed by atoms with Crippen LogP contribution < -0.4 is 0 Å². The Labute approximate surface area is 162 Å². The molecule has 0 atom stereocenters. The molecular weight excluding hydrogens is 358 g/mol. The fourth-order valence-electron chi connectivity index (χ4n) is 2.45. The number of hydrogen-bond donors (Lipinski definition) is 0. The van der Waals surface area contributed by atoms with Crippen LogP contribution in [0.5, 0.6) is 0 Å². The van der Waals surface area contributed by atoms with Crippen LogP contribution in [0.4, 0.5) is 0 Å². The normalized spacial score (nSPS) is 12.2. The largest absolute Gasteiger partial charge is 0.296 e. The molecule has 2 aromatic rings. The number of nitrogens with zero attached hydrogens (tertiary/aromatic N) is 1. The highest BCUT2D eigenvalue weighted by Gasteiger charge is 2.15. The van der Waals surface area contributed by atoms with Gasteiger partial charge >= 0.3 is 0 Å². The van der Waals surface area contributed by atoms with Gasteiger partial charge in [0.25, 0.3) is 0 Å². The van der Waals surface area contributed by atoms with Crippen molar-refractivity contribution in [3.8, 4) is 0 Å². The summed E-state index contributed by atoms with van der Waals surface area (Å²) in [4.78, 5) is 16.5. The van der Waals surface area contributed by atoms with Gasteiger partial charge in [-0.25, -0.2) is 8.42 Å². The smallest absolute Gasteiger partial charge is 0.175 e. The summed E-state index contributed by atoms with van der Waals surface area (Å²) >= 11 is 0. The average Bonchev–Trinajstić information content (AvgIpc) is 2.62. The molecule has 5 heteroatoms. The topological polar surface area (TPSA) is 63.6 Å². The second kappa shape index (κ2) is 10.6. The summed E-state index contributed by atoms with van der Waals surface area (Å²) in [6.45, 7) is 5.76. The number of Topliss-reactive ketones (excluding diaryl/α,β-unsaturated/α-hetero) is 1. The molecule has 0 saturated carbocycles. The fourth-order valence-corrected chi connectivity index (χ4v) is 3.08. The van der Waals surface area contributed by atoms with E-state index in [1.807, 2.05) is 30.3 Å². The van der Waals surface area contributed by atoms with Crippen LogP contribution in [-0.4, -0.2) is 33.7 Å². The van der Waals surface area contributed by atoms with E-state index in [2.05, 4.69) is 18.8 Å². The van der Waals surface area contributed by atoms with Gasteiger partial charge in [-0.15, -0.1) is 0 Å². The molecule has 0 aliphatic rings. The monoisotopic (exact) mass is 385 g/mol. The average molecular weight is 386 g/mol. The number of allylic oxidation sites excluding steroid dienone is 2. The number of carbonyl (C=O) groups excluding carboxylic acids is 1. The van der Waals surface area contributed by atoms with Gasteiger partial charge in [0.2, 0.25) is 0 Å². The number of carbonyl (C=O) groups is 1. The van der Waals surface area contributed by atoms with Crippen LogP contribution in [0.3, 0.4) is 0 Å². The van der Waals surface area contributed by atoms with Crippen molar-refractivity contribution in [1.29, 1.82) is 0 Å². The van der Waals surface area contributed by atoms with Gasteiger partial charge in [-0.2, -0.15) is 0 Å². The summed E-state index contributed by atoms with van der Waals surface area (Å²) in [7, 11) is -1.63. The van der Waals surface area contributed by atoms with Crippen molar-refractivity contribution in [2.75, 3.05) is 13.3 Å². The highest BCUT2D eigenvalue weighted by molar-refractivity contribution is 7.90. The van der Waals surface area contributed by atoms with Crippen molar-refractivity contribution in [1.82, 2.24) is 0 Å². The Balaban J connectivity index is 0.00000114. The number of aliphatic imine (C=N–C) groups is 1. The molecule has 0 fully saturated rings. The SMILES string of the molecule is CCC.CN=C/C(=C(\C(C)=O)c1ccccc1)c1ccc(S(C)(=O)=O)cc1. The molecule has 0 bridgehead atoms. The van der Waals surface area contributed by atoms with Crippen molar-refractivity contribution in [3.05, 3.63) is 65.7 Å². The highest BCUT2D eigenvalue weighted by Crippen LogP contribution is 2.27. The molecule has 0 N–H and O–H groups in total. The summed E-state index contributed by atoms with van der Waals surface area (Å²) in [5, 5.41) is 0. The van der Waals surface area contributed by atoms with E-state index < -0.39 is 9.84 Å². The third-order valence-corrected chi connectivity index (χ3v) is 4.66. The lowest BCUT2D eigenvalue weighted by Gasteiger charge is -2.11. The summed E-state index contributed by atoms with van der Waals surface area (Å²) in [5.41, 5.74) is 2.75. The zero-order chi connectivity index (χ0) is 20.4. The molecular formula is C22H27NO3S. The Kier molecular flexibility index (Phi) is 8.82. The molecule has 4 nitrogen and oxygen atoms in total. The molecule has 0 saturated heterocycles. The Hall–Kier alpha value is -2.53. The Morgan fingerprint density at radius 3 is 1.89 bits per heavy atom. The lowest BCUT2D eigenvalue weighted by atomic mass is 9.93. The maximum atomic E-state index is 12.2. The second-order valence-corrected chi connectivity index (χ2v) is 8.12. The first kappa shape index (κ1) is 22.5. The van der Waals surface area contributed by atoms with E-state index in [9.17, 15) is 13.2 Å². The molecule has 144 valence electrons. The Bertz CT molecular complexity index is 910. The Morgan fingerprint density at radius 1 is 0.963 bits per heavy atom. The highest BCUT2D eigenvalue weighted by atomic mass is 32.2. The molecule has 0 unspecified atom stereocenters. The summed E-state index contributed by atoms with van der Waals surface area (Å²) in [6.07, 6.45) is 4.04. The molecule has 0 heterocycles. The van der Waals surface area contributed by atoms with Crippen molar-refractivity contribution >= 4 is 33.0 Å². The third-order valence-electron chi connectivity index (χ3n) is 3.54. The van der Waals surface area contributed by atoms with E-state index in [1.54, 1.807) is 25.4 Å². The Morgan fingerprint density at radius 2 is 1.48 bits per heavy atom. The van der Waals surface area contributed by atoms with E-state index in [0.29, 0.717) is 11.1 Å². The van der Waals surface area contributed by atoms with Crippen molar-refractivity contribution in [2.24, 2.45) is 4.99 Å². The van der Waals surface area contributed by atoms with E-state index in [4.69, 9.17) is 0 Å². The number of hydrogen-bond acceptors (Lipinski definition) is 4. The lowest BCUT2D eigenvalue weighted by molar-refractivity contribution is -0.111. The van der Waals surface area contributed by atoms with Crippen LogP contribution in [0.2, 0.25) is 0 Å². The van der Waals surface area contributed by atoms with Crippen molar-refractivity contribution < 1.29 is 13.2 Å². The molecule has 0 aromatic heterocycles. The minimum atomic E-state index is -3.26. The van der Waals surface area contributed by atoms with Gasteiger partial charge in [0.15, 0.2) is 15.6 Å². The van der Waals surface area contributed by atoms with Crippen molar-refractivity contribution in [3.63, 3.8) is 0 Å². The number of rotatable bonds is 5. The number of benzene rings is 2. The van der Waals surface area contributed by atoms with Crippen LogP contribution in [0, 0.1) is 0 Å². The van der Waals surface area contributed by atoms with Gasteiger partial charge in [-0.05, 0) is 30.2 Å². The molecule has 0 amide bonds. The molecule has 0 radical (unpaired) electrons. The minimum absolute atomic E-state index is 0.0803. The molecule has 2 aromatic carbocycles. The summed E-state index contributed by atoms with van der Waals surface area (Å²) < 4.78 is 23.2. The van der Waals surface area contributed by atoms with Gasteiger partial charge in [-0.1, -0.05) is 62.7 Å². The minimum Gasteiger partial charge on any atom is -0.296 e. The number of sulfone groups is 1. The van der Waals surface area contributed by atoms with Crippen LogP contribution in [0.25, 0.3) is 11.1 Å². The fraction of sp³-hybridized carbons (Fsp3) is 0.273. The zero-order valence-electron chi connectivity index (χ0n) is 16.6. The van der Waals surface area contributed by atoms with Gasteiger partial charge in [0.05, 0.1) is 4.90 Å². The van der Waals surface area contributed by atoms with Gasteiger partial charge in [-0.3, -0.25) is 9.79 Å². The molecule has 0 spiro atoms. The maximum absolute atomic E-state index is 12.2. The van der Waals surface area contributed by atoms with E-state index in [1.165, 1.54) is 25.5 Å². The molecule has 0 aliphatic carbocycles.